The zero-order valence-corrected chi connectivity index (χ0v) is 11.7. The molecule has 0 aliphatic heterocycles. The summed E-state index contributed by atoms with van der Waals surface area (Å²) in [5.74, 6) is -1.09. The first-order valence-corrected chi connectivity index (χ1v) is 7.06. The molecule has 2 aromatic heterocycles. The summed E-state index contributed by atoms with van der Waals surface area (Å²) < 4.78 is 0. The van der Waals surface area contributed by atoms with Crippen molar-refractivity contribution in [2.24, 2.45) is 5.73 Å². The van der Waals surface area contributed by atoms with Crippen molar-refractivity contribution in [3.05, 3.63) is 47.7 Å². The number of hydrogen-bond donors (Lipinski definition) is 3. The van der Waals surface area contributed by atoms with Crippen molar-refractivity contribution in [3.63, 3.8) is 0 Å². The molecule has 1 unspecified atom stereocenters. The number of aliphatic carboxylic acids is 1. The number of carbonyl (C=O) groups is 1. The van der Waals surface area contributed by atoms with Crippen LogP contribution in [0.4, 0.5) is 10.8 Å². The molecule has 3 rings (SSSR count). The summed E-state index contributed by atoms with van der Waals surface area (Å²) >= 11 is 1.32. The number of fused-ring (bicyclic) bond motifs is 1. The molecule has 4 N–H and O–H groups in total. The third kappa shape index (κ3) is 2.69. The average Bonchev–Trinajstić information content (AvgIpc) is 2.95. The van der Waals surface area contributed by atoms with Gasteiger partial charge in [0.1, 0.15) is 6.04 Å². The summed E-state index contributed by atoms with van der Waals surface area (Å²) in [6.07, 6.45) is 3.51. The van der Waals surface area contributed by atoms with Crippen LogP contribution in [0.1, 0.15) is 11.7 Å². The lowest BCUT2D eigenvalue weighted by atomic mass is 10.1. The van der Waals surface area contributed by atoms with Gasteiger partial charge in [0.25, 0.3) is 0 Å². The highest BCUT2D eigenvalue weighted by Gasteiger charge is 2.17. The predicted molar refractivity (Wildman–Crippen MR) is 81.7 cm³/mol. The zero-order valence-electron chi connectivity index (χ0n) is 10.9. The minimum absolute atomic E-state index is 0.344. The normalized spacial score (nSPS) is 12.2. The van der Waals surface area contributed by atoms with Gasteiger partial charge in [0, 0.05) is 34.2 Å². The summed E-state index contributed by atoms with van der Waals surface area (Å²) in [6.45, 7) is 0. The third-order valence-electron chi connectivity index (χ3n) is 3.03. The quantitative estimate of drug-likeness (QED) is 0.684. The van der Waals surface area contributed by atoms with Crippen LogP contribution in [-0.2, 0) is 4.79 Å². The predicted octanol–water partition coefficient (Wildman–Crippen LogP) is 2.52. The molecule has 6 nitrogen and oxygen atoms in total. The lowest BCUT2D eigenvalue weighted by Crippen LogP contribution is -2.20. The van der Waals surface area contributed by atoms with Gasteiger partial charge in [0.15, 0.2) is 5.13 Å². The molecule has 0 aliphatic rings. The van der Waals surface area contributed by atoms with E-state index in [0.717, 1.165) is 16.5 Å². The second kappa shape index (κ2) is 5.47. The van der Waals surface area contributed by atoms with Crippen molar-refractivity contribution >= 4 is 38.9 Å². The molecule has 106 valence electrons. The molecule has 0 spiro atoms. The first-order valence-electron chi connectivity index (χ1n) is 6.19. The Morgan fingerprint density at radius 3 is 3.05 bits per heavy atom. The number of thiazole rings is 1. The van der Waals surface area contributed by atoms with Gasteiger partial charge >= 0.3 is 5.97 Å². The van der Waals surface area contributed by atoms with Gasteiger partial charge in [-0.3, -0.25) is 9.78 Å². The molecule has 7 heteroatoms. The Bertz CT molecular complexity index is 797. The third-order valence-corrected chi connectivity index (χ3v) is 3.80. The number of carboxylic acid groups (broad SMARTS) is 1. The van der Waals surface area contributed by atoms with Crippen LogP contribution < -0.4 is 11.1 Å². The van der Waals surface area contributed by atoms with E-state index in [1.807, 2.05) is 24.3 Å². The molecule has 0 saturated heterocycles. The molecule has 3 aromatic rings. The minimum atomic E-state index is -1.10. The van der Waals surface area contributed by atoms with E-state index in [1.54, 1.807) is 17.8 Å². The monoisotopic (exact) mass is 300 g/mol. The molecule has 2 heterocycles. The summed E-state index contributed by atoms with van der Waals surface area (Å²) in [5.41, 5.74) is 6.78. The summed E-state index contributed by atoms with van der Waals surface area (Å²) in [7, 11) is 0. The lowest BCUT2D eigenvalue weighted by molar-refractivity contribution is -0.138. The summed E-state index contributed by atoms with van der Waals surface area (Å²) in [6, 6.07) is 6.63. The first-order chi connectivity index (χ1) is 10.1. The number of hydrogen-bond acceptors (Lipinski definition) is 6. The van der Waals surface area contributed by atoms with Crippen LogP contribution in [0.25, 0.3) is 10.8 Å². The van der Waals surface area contributed by atoms with Crippen LogP contribution in [0.3, 0.4) is 0 Å². The van der Waals surface area contributed by atoms with Crippen LogP contribution in [0.2, 0.25) is 0 Å². The van der Waals surface area contributed by atoms with E-state index in [9.17, 15) is 4.79 Å². The number of carboxylic acids is 1. The van der Waals surface area contributed by atoms with Crippen LogP contribution >= 0.6 is 11.3 Å². The number of nitrogens with two attached hydrogens (primary N) is 1. The van der Waals surface area contributed by atoms with Gasteiger partial charge in [-0.25, -0.2) is 4.98 Å². The number of aromatic nitrogens is 2. The van der Waals surface area contributed by atoms with Crippen LogP contribution in [0.5, 0.6) is 0 Å². The van der Waals surface area contributed by atoms with Gasteiger partial charge < -0.3 is 16.2 Å². The van der Waals surface area contributed by atoms with E-state index in [1.165, 1.54) is 11.3 Å². The van der Waals surface area contributed by atoms with Gasteiger partial charge in [0.05, 0.1) is 5.69 Å². The standard InChI is InChI=1S/C14H12N4O2S/c15-12(13(19)20)11-7-21-14(18-11)17-10-3-1-2-8-6-16-5-4-9(8)10/h1-7,12H,15H2,(H,17,18)(H,19,20). The minimum Gasteiger partial charge on any atom is -0.480 e. The fourth-order valence-corrected chi connectivity index (χ4v) is 2.72. The Balaban J connectivity index is 1.91. The van der Waals surface area contributed by atoms with Crippen molar-refractivity contribution in [2.75, 3.05) is 5.32 Å². The second-order valence-electron chi connectivity index (χ2n) is 4.42. The van der Waals surface area contributed by atoms with Gasteiger partial charge in [-0.05, 0) is 12.1 Å². The molecule has 0 aliphatic carbocycles. The maximum atomic E-state index is 10.9. The molecule has 1 aromatic carbocycles. The van der Waals surface area contributed by atoms with E-state index in [0.29, 0.717) is 10.8 Å². The van der Waals surface area contributed by atoms with E-state index in [4.69, 9.17) is 10.8 Å². The molecular weight excluding hydrogens is 288 g/mol. The highest BCUT2D eigenvalue weighted by atomic mass is 32.1. The average molecular weight is 300 g/mol. The number of benzene rings is 1. The molecule has 0 radical (unpaired) electrons. The van der Waals surface area contributed by atoms with Crippen LogP contribution in [0, 0.1) is 0 Å². The van der Waals surface area contributed by atoms with Crippen LogP contribution in [-0.4, -0.2) is 21.0 Å². The summed E-state index contributed by atoms with van der Waals surface area (Å²) in [5, 5.41) is 16.4. The van der Waals surface area contributed by atoms with Crippen molar-refractivity contribution in [1.82, 2.24) is 9.97 Å². The number of anilines is 2. The fraction of sp³-hybridized carbons (Fsp3) is 0.0714. The Morgan fingerprint density at radius 1 is 1.38 bits per heavy atom. The molecule has 0 fully saturated rings. The van der Waals surface area contributed by atoms with E-state index in [-0.39, 0.29) is 0 Å². The van der Waals surface area contributed by atoms with Gasteiger partial charge in [0.2, 0.25) is 0 Å². The van der Waals surface area contributed by atoms with Crippen LogP contribution in [0.15, 0.2) is 42.0 Å². The number of nitrogens with one attached hydrogen (secondary N) is 1. The molecule has 1 atom stereocenters. The van der Waals surface area contributed by atoms with Gasteiger partial charge in [-0.15, -0.1) is 11.3 Å². The number of rotatable bonds is 4. The Hall–Kier alpha value is -2.51. The second-order valence-corrected chi connectivity index (χ2v) is 5.28. The van der Waals surface area contributed by atoms with E-state index in [2.05, 4.69) is 15.3 Å². The van der Waals surface area contributed by atoms with Crippen molar-refractivity contribution < 1.29 is 9.90 Å². The maximum Gasteiger partial charge on any atom is 0.326 e. The van der Waals surface area contributed by atoms with Gasteiger partial charge in [-0.1, -0.05) is 12.1 Å². The molecule has 0 bridgehead atoms. The molecular formula is C14H12N4O2S. The molecule has 0 saturated carbocycles. The number of nitrogens with zero attached hydrogens (tertiary/aromatic N) is 2. The summed E-state index contributed by atoms with van der Waals surface area (Å²) in [4.78, 5) is 19.2. The van der Waals surface area contributed by atoms with E-state index >= 15 is 0 Å². The van der Waals surface area contributed by atoms with Gasteiger partial charge in [-0.2, -0.15) is 0 Å². The topological polar surface area (TPSA) is 101 Å². The highest BCUT2D eigenvalue weighted by molar-refractivity contribution is 7.13. The Kier molecular flexibility index (Phi) is 3.51. The lowest BCUT2D eigenvalue weighted by Gasteiger charge is -2.07. The Morgan fingerprint density at radius 2 is 2.24 bits per heavy atom. The van der Waals surface area contributed by atoms with Crippen molar-refractivity contribution in [2.45, 2.75) is 6.04 Å². The molecule has 0 amide bonds. The van der Waals surface area contributed by atoms with Crippen molar-refractivity contribution in [3.8, 4) is 0 Å². The SMILES string of the molecule is NC(C(=O)O)c1csc(Nc2cccc3cnccc23)n1. The maximum absolute atomic E-state index is 10.9. The van der Waals surface area contributed by atoms with E-state index < -0.39 is 12.0 Å². The van der Waals surface area contributed by atoms with Crippen molar-refractivity contribution in [1.29, 1.82) is 0 Å². The molecule has 21 heavy (non-hydrogen) atoms. The Labute approximate surface area is 124 Å². The largest absolute Gasteiger partial charge is 0.480 e. The first kappa shape index (κ1) is 13.5. The fourth-order valence-electron chi connectivity index (χ4n) is 1.96. The smallest absolute Gasteiger partial charge is 0.326 e. The number of pyridine rings is 1. The zero-order chi connectivity index (χ0) is 14.8. The highest BCUT2D eigenvalue weighted by Crippen LogP contribution is 2.28.